The fraction of sp³-hybridized carbons (Fsp3) is 0.227. The quantitative estimate of drug-likeness (QED) is 0.515. The van der Waals surface area contributed by atoms with Gasteiger partial charge in [0, 0.05) is 0 Å². The third-order valence-corrected chi connectivity index (χ3v) is 4.09. The summed E-state index contributed by atoms with van der Waals surface area (Å²) in [5.41, 5.74) is 1.41. The zero-order chi connectivity index (χ0) is 15.2. The Bertz CT molecular complexity index is 765. The number of unbranched alkanes of at least 4 members (excludes halogenated alkanes) is 1. The summed E-state index contributed by atoms with van der Waals surface area (Å²) < 4.78 is 0. The van der Waals surface area contributed by atoms with Gasteiger partial charge in [0.2, 0.25) is 0 Å². The molecular weight excluding hydrogens is 426 g/mol. The zero-order valence-corrected chi connectivity index (χ0v) is 18.4. The predicted octanol–water partition coefficient (Wildman–Crippen LogP) is 0.583. The Kier molecular flexibility index (Phi) is 12.2. The molecule has 3 heteroatoms. The molecule has 0 aromatic heterocycles. The van der Waals surface area contributed by atoms with Crippen LogP contribution >= 0.6 is 0 Å². The summed E-state index contributed by atoms with van der Waals surface area (Å²) in [4.78, 5) is 0. The maximum atomic E-state index is 3.30. The minimum absolute atomic E-state index is 0. The van der Waals surface area contributed by atoms with E-state index in [1.165, 1.54) is 46.4 Å². The summed E-state index contributed by atoms with van der Waals surface area (Å²) in [5.74, 6) is 0. The van der Waals surface area contributed by atoms with Crippen molar-refractivity contribution in [2.24, 2.45) is 0 Å². The van der Waals surface area contributed by atoms with Crippen molar-refractivity contribution in [1.82, 2.24) is 0 Å². The first-order chi connectivity index (χ1) is 10.9. The van der Waals surface area contributed by atoms with Crippen molar-refractivity contribution in [2.75, 3.05) is 0 Å². The Morgan fingerprint density at radius 1 is 0.920 bits per heavy atom. The summed E-state index contributed by atoms with van der Waals surface area (Å²) in [7, 11) is 0. The average Bonchev–Trinajstić information content (AvgIpc) is 3.21. The van der Waals surface area contributed by atoms with Gasteiger partial charge >= 0.3 is 26.2 Å². The zero-order valence-electron chi connectivity index (χ0n) is 14.4. The van der Waals surface area contributed by atoms with Crippen LogP contribution in [-0.2, 0) is 26.2 Å². The second-order valence-corrected chi connectivity index (χ2v) is 5.73. The van der Waals surface area contributed by atoms with E-state index in [1.807, 2.05) is 0 Å². The molecule has 0 radical (unpaired) electrons. The monoisotopic (exact) mass is 446 g/mol. The molecule has 0 fully saturated rings. The van der Waals surface area contributed by atoms with Crippen molar-refractivity contribution in [1.29, 1.82) is 0 Å². The molecule has 0 spiro atoms. The van der Waals surface area contributed by atoms with Crippen LogP contribution in [0.5, 0.6) is 0 Å². The van der Waals surface area contributed by atoms with Gasteiger partial charge in [0.05, 0.1) is 0 Å². The van der Waals surface area contributed by atoms with Crippen LogP contribution in [0, 0.1) is 6.08 Å². The summed E-state index contributed by atoms with van der Waals surface area (Å²) >= 11 is 0. The molecule has 0 atom stereocenters. The van der Waals surface area contributed by atoms with Gasteiger partial charge in [0.25, 0.3) is 0 Å². The van der Waals surface area contributed by atoms with Crippen LogP contribution in [0.25, 0.3) is 21.5 Å². The number of benzene rings is 2. The first-order valence-electron chi connectivity index (χ1n) is 8.18. The van der Waals surface area contributed by atoms with E-state index in [-0.39, 0.29) is 51.0 Å². The molecule has 0 unspecified atom stereocenters. The molecule has 25 heavy (non-hydrogen) atoms. The molecule has 3 aromatic rings. The van der Waals surface area contributed by atoms with E-state index < -0.39 is 0 Å². The first kappa shape index (κ1) is 24.3. The van der Waals surface area contributed by atoms with E-state index in [9.17, 15) is 0 Å². The van der Waals surface area contributed by atoms with E-state index in [2.05, 4.69) is 79.7 Å². The molecule has 0 aliphatic heterocycles. The number of fused-ring (bicyclic) bond motifs is 3. The van der Waals surface area contributed by atoms with Gasteiger partial charge in [-0.25, -0.2) is 11.6 Å². The van der Waals surface area contributed by atoms with Crippen molar-refractivity contribution in [3.05, 3.63) is 78.4 Å². The van der Waals surface area contributed by atoms with Gasteiger partial charge in [0.1, 0.15) is 0 Å². The van der Waals surface area contributed by atoms with E-state index >= 15 is 0 Å². The van der Waals surface area contributed by atoms with E-state index in [0.717, 1.165) is 6.42 Å². The van der Waals surface area contributed by atoms with Crippen LogP contribution in [0.3, 0.4) is 0 Å². The molecular formula is C22H22Cl2Zr. The molecule has 0 saturated heterocycles. The van der Waals surface area contributed by atoms with Crippen LogP contribution in [0.4, 0.5) is 0 Å². The van der Waals surface area contributed by atoms with Gasteiger partial charge in [0.15, 0.2) is 0 Å². The molecule has 0 saturated carbocycles. The predicted molar refractivity (Wildman–Crippen MR) is 97.1 cm³/mol. The molecule has 0 bridgehead atoms. The maximum Gasteiger partial charge on any atom is 4.00 e. The van der Waals surface area contributed by atoms with Crippen molar-refractivity contribution < 1.29 is 51.0 Å². The molecule has 128 valence electrons. The summed E-state index contributed by atoms with van der Waals surface area (Å²) in [6.45, 7) is 2.22. The summed E-state index contributed by atoms with van der Waals surface area (Å²) in [6, 6.07) is 19.3. The number of hydrogen-bond acceptors (Lipinski definition) is 0. The van der Waals surface area contributed by atoms with E-state index in [0.29, 0.717) is 0 Å². The van der Waals surface area contributed by atoms with Crippen molar-refractivity contribution in [3.63, 3.8) is 0 Å². The van der Waals surface area contributed by atoms with Gasteiger partial charge in [-0.05, 0) is 0 Å². The molecule has 0 amide bonds. The normalized spacial score (nSPS) is 11.6. The van der Waals surface area contributed by atoms with Gasteiger partial charge in [-0.15, -0.1) is 46.2 Å². The van der Waals surface area contributed by atoms with Crippen LogP contribution in [0.15, 0.2) is 72.3 Å². The standard InChI is InChI=1S/C13H9.C9H13.2ClH.Zr/c1-3-7-12-10(5-1)9-11-6-2-4-8-13(11)12;1-2-3-6-9-7-4-5-8-9;;;/h1-9H;4,7H,2-3,5-6H2,1H3;2*1H;/q2*-1;;;+4/p-2. The Labute approximate surface area is 182 Å². The maximum absolute atomic E-state index is 3.30. The molecule has 0 nitrogen and oxygen atoms in total. The van der Waals surface area contributed by atoms with E-state index in [4.69, 9.17) is 0 Å². The van der Waals surface area contributed by atoms with Gasteiger partial charge in [-0.1, -0.05) is 62.6 Å². The van der Waals surface area contributed by atoms with Crippen LogP contribution in [-0.4, -0.2) is 0 Å². The van der Waals surface area contributed by atoms with Gasteiger partial charge < -0.3 is 24.8 Å². The summed E-state index contributed by atoms with van der Waals surface area (Å²) in [6.07, 6.45) is 12.5. The Hall–Kier alpha value is -0.747. The van der Waals surface area contributed by atoms with Crippen molar-refractivity contribution in [3.8, 4) is 0 Å². The molecule has 0 N–H and O–H groups in total. The number of allylic oxidation sites excluding steroid dienone is 4. The number of halogens is 2. The third kappa shape index (κ3) is 6.48. The first-order valence-corrected chi connectivity index (χ1v) is 8.18. The SMILES string of the molecule is CCCCC1=[C-]CC=C1.[Cl-].[Cl-].[Zr+4].c1ccc2c(c1)[cH-]c1ccccc12. The molecule has 1 aliphatic carbocycles. The Morgan fingerprint density at radius 3 is 1.96 bits per heavy atom. The molecule has 4 rings (SSSR count). The van der Waals surface area contributed by atoms with Crippen molar-refractivity contribution in [2.45, 2.75) is 32.6 Å². The van der Waals surface area contributed by atoms with Crippen LogP contribution in [0.1, 0.15) is 32.6 Å². The Balaban J connectivity index is 0.000000435. The largest absolute Gasteiger partial charge is 4.00 e. The second-order valence-electron chi connectivity index (χ2n) is 5.73. The van der Waals surface area contributed by atoms with Crippen molar-refractivity contribution >= 4 is 21.5 Å². The average molecular weight is 449 g/mol. The minimum atomic E-state index is 0. The van der Waals surface area contributed by atoms with Crippen LogP contribution < -0.4 is 24.8 Å². The topological polar surface area (TPSA) is 0 Å². The molecule has 3 aromatic carbocycles. The minimum Gasteiger partial charge on any atom is -1.00 e. The van der Waals surface area contributed by atoms with Gasteiger partial charge in [-0.2, -0.15) is 6.08 Å². The fourth-order valence-corrected chi connectivity index (χ4v) is 2.89. The van der Waals surface area contributed by atoms with Crippen LogP contribution in [0.2, 0.25) is 0 Å². The third-order valence-electron chi connectivity index (χ3n) is 4.09. The fourth-order valence-electron chi connectivity index (χ4n) is 2.89. The smallest absolute Gasteiger partial charge is 1.00 e. The van der Waals surface area contributed by atoms with E-state index in [1.54, 1.807) is 0 Å². The van der Waals surface area contributed by atoms with Gasteiger partial charge in [-0.3, -0.25) is 6.08 Å². The molecule has 1 aliphatic rings. The molecule has 0 heterocycles. The number of hydrogen-bond donors (Lipinski definition) is 0. The Morgan fingerprint density at radius 2 is 1.48 bits per heavy atom. The number of rotatable bonds is 3. The second kappa shape index (κ2) is 12.6. The summed E-state index contributed by atoms with van der Waals surface area (Å²) in [5, 5.41) is 5.39.